The third-order valence-electron chi connectivity index (χ3n) is 6.64. The molecule has 114 valence electrons. The Labute approximate surface area is 126 Å². The molecule has 0 radical (unpaired) electrons. The molecule has 0 aromatic rings. The van der Waals surface area contributed by atoms with Crippen molar-refractivity contribution in [3.8, 4) is 0 Å². The number of allylic oxidation sites excluding steroid dienone is 4. The summed E-state index contributed by atoms with van der Waals surface area (Å²) in [5, 5.41) is 0. The molecule has 0 N–H and O–H groups in total. The Balaban J connectivity index is 2.27. The first kappa shape index (κ1) is 15.9. The van der Waals surface area contributed by atoms with Gasteiger partial charge in [0.05, 0.1) is 0 Å². The first-order valence-electron chi connectivity index (χ1n) is 8.63. The predicted octanol–water partition coefficient (Wildman–Crippen LogP) is 6.53. The summed E-state index contributed by atoms with van der Waals surface area (Å²) >= 11 is 0. The summed E-state index contributed by atoms with van der Waals surface area (Å²) in [5.74, 6) is 1.67. The Kier molecular flexibility index (Phi) is 4.52. The second-order valence-corrected chi connectivity index (χ2v) is 8.27. The van der Waals surface area contributed by atoms with Gasteiger partial charge < -0.3 is 0 Å². The van der Waals surface area contributed by atoms with Crippen LogP contribution in [0, 0.1) is 22.7 Å². The Morgan fingerprint density at radius 3 is 2.65 bits per heavy atom. The third kappa shape index (κ3) is 2.76. The van der Waals surface area contributed by atoms with Crippen LogP contribution >= 0.6 is 0 Å². The molecule has 3 atom stereocenters. The summed E-state index contributed by atoms with van der Waals surface area (Å²) in [6, 6.07) is 0. The maximum Gasteiger partial charge on any atom is -0.00848 e. The van der Waals surface area contributed by atoms with Gasteiger partial charge in [-0.05, 0) is 75.0 Å². The van der Waals surface area contributed by atoms with Gasteiger partial charge in [0.2, 0.25) is 0 Å². The summed E-state index contributed by atoms with van der Waals surface area (Å²) in [6.45, 7) is 14.5. The van der Waals surface area contributed by atoms with Crippen molar-refractivity contribution in [1.29, 1.82) is 0 Å². The molecule has 1 unspecified atom stereocenters. The topological polar surface area (TPSA) is 0 Å². The molecule has 0 aliphatic heterocycles. The van der Waals surface area contributed by atoms with E-state index in [1.54, 1.807) is 5.57 Å². The quantitative estimate of drug-likeness (QED) is 0.513. The largest absolute Gasteiger partial charge is 0.0887 e. The minimum absolute atomic E-state index is 0.435. The molecular formula is C20H34. The lowest BCUT2D eigenvalue weighted by Gasteiger charge is -2.53. The van der Waals surface area contributed by atoms with Crippen LogP contribution in [0.5, 0.6) is 0 Å². The Morgan fingerprint density at radius 2 is 2.00 bits per heavy atom. The van der Waals surface area contributed by atoms with Crippen LogP contribution < -0.4 is 0 Å². The highest BCUT2D eigenvalue weighted by atomic mass is 14.5. The average molecular weight is 274 g/mol. The second kappa shape index (κ2) is 5.70. The summed E-state index contributed by atoms with van der Waals surface area (Å²) < 4.78 is 0. The van der Waals surface area contributed by atoms with Gasteiger partial charge in [-0.25, -0.2) is 0 Å². The van der Waals surface area contributed by atoms with Gasteiger partial charge in [0.25, 0.3) is 0 Å². The van der Waals surface area contributed by atoms with Crippen LogP contribution in [0.2, 0.25) is 0 Å². The monoisotopic (exact) mass is 274 g/mol. The number of fused-ring (bicyclic) bond motifs is 1. The summed E-state index contributed by atoms with van der Waals surface area (Å²) in [6.07, 6.45) is 13.0. The van der Waals surface area contributed by atoms with Gasteiger partial charge in [-0.15, -0.1) is 0 Å². The molecule has 1 fully saturated rings. The molecule has 0 amide bonds. The van der Waals surface area contributed by atoms with Crippen molar-refractivity contribution in [1.82, 2.24) is 0 Å². The lowest BCUT2D eigenvalue weighted by Crippen LogP contribution is -2.43. The minimum Gasteiger partial charge on any atom is -0.0887 e. The molecule has 0 bridgehead atoms. The molecule has 0 spiro atoms. The van der Waals surface area contributed by atoms with Gasteiger partial charge in [-0.3, -0.25) is 0 Å². The summed E-state index contributed by atoms with van der Waals surface area (Å²) in [4.78, 5) is 0. The third-order valence-corrected chi connectivity index (χ3v) is 6.64. The fraction of sp³-hybridized carbons (Fsp3) is 0.800. The molecule has 0 nitrogen and oxygen atoms in total. The molecule has 0 aromatic carbocycles. The summed E-state index contributed by atoms with van der Waals surface area (Å²) in [5.41, 5.74) is 4.32. The molecule has 0 heterocycles. The predicted molar refractivity (Wildman–Crippen MR) is 89.8 cm³/mol. The highest BCUT2D eigenvalue weighted by Gasteiger charge is 2.47. The molecule has 0 heteroatoms. The van der Waals surface area contributed by atoms with Crippen molar-refractivity contribution >= 4 is 0 Å². The lowest BCUT2D eigenvalue weighted by atomic mass is 9.52. The van der Waals surface area contributed by atoms with E-state index in [4.69, 9.17) is 0 Å². The van der Waals surface area contributed by atoms with Crippen LogP contribution in [-0.2, 0) is 0 Å². The highest BCUT2D eigenvalue weighted by Crippen LogP contribution is 2.58. The Morgan fingerprint density at radius 1 is 1.30 bits per heavy atom. The zero-order chi connectivity index (χ0) is 15.0. The van der Waals surface area contributed by atoms with Crippen LogP contribution in [0.25, 0.3) is 0 Å². The van der Waals surface area contributed by atoms with E-state index in [-0.39, 0.29) is 0 Å². The Bertz CT molecular complexity index is 410. The van der Waals surface area contributed by atoms with Crippen LogP contribution in [0.3, 0.4) is 0 Å². The van der Waals surface area contributed by atoms with Crippen LogP contribution in [0.1, 0.15) is 80.1 Å². The van der Waals surface area contributed by atoms with E-state index in [1.165, 1.54) is 38.5 Å². The zero-order valence-electron chi connectivity index (χ0n) is 14.6. The van der Waals surface area contributed by atoms with Crippen molar-refractivity contribution in [2.75, 3.05) is 0 Å². The molecule has 1 saturated carbocycles. The number of rotatable bonds is 3. The van der Waals surface area contributed by atoms with Crippen LogP contribution in [-0.4, -0.2) is 0 Å². The fourth-order valence-corrected chi connectivity index (χ4v) is 4.53. The maximum atomic E-state index is 2.62. The van der Waals surface area contributed by atoms with Crippen molar-refractivity contribution in [3.05, 3.63) is 23.3 Å². The minimum atomic E-state index is 0.435. The second-order valence-electron chi connectivity index (χ2n) is 8.27. The molecule has 2 aliphatic carbocycles. The van der Waals surface area contributed by atoms with Crippen molar-refractivity contribution in [2.45, 2.75) is 80.1 Å². The summed E-state index contributed by atoms with van der Waals surface area (Å²) in [7, 11) is 0. The fourth-order valence-electron chi connectivity index (χ4n) is 4.53. The van der Waals surface area contributed by atoms with Gasteiger partial charge in [-0.2, -0.15) is 0 Å². The first-order valence-corrected chi connectivity index (χ1v) is 8.63. The molecule has 0 aromatic heterocycles. The van der Waals surface area contributed by atoms with E-state index in [2.05, 4.69) is 53.7 Å². The van der Waals surface area contributed by atoms with E-state index in [0.29, 0.717) is 10.8 Å². The van der Waals surface area contributed by atoms with E-state index < -0.39 is 0 Å². The molecule has 2 rings (SSSR count). The van der Waals surface area contributed by atoms with E-state index in [9.17, 15) is 0 Å². The van der Waals surface area contributed by atoms with Gasteiger partial charge in [0, 0.05) is 0 Å². The van der Waals surface area contributed by atoms with Gasteiger partial charge in [0.1, 0.15) is 0 Å². The SMILES string of the molecule is C/C=C(\C)CC[C@]1(C)C2=CCCC(C)(C)[C@H]2CCC1C. The average Bonchev–Trinajstić information content (AvgIpc) is 2.40. The van der Waals surface area contributed by atoms with E-state index >= 15 is 0 Å². The van der Waals surface area contributed by atoms with Crippen molar-refractivity contribution in [2.24, 2.45) is 22.7 Å². The first-order chi connectivity index (χ1) is 9.31. The number of hydrogen-bond acceptors (Lipinski definition) is 0. The van der Waals surface area contributed by atoms with E-state index in [1.807, 2.05) is 5.57 Å². The highest BCUT2D eigenvalue weighted by molar-refractivity contribution is 5.26. The maximum absolute atomic E-state index is 2.62. The lowest BCUT2D eigenvalue weighted by molar-refractivity contribution is 0.0812. The van der Waals surface area contributed by atoms with Crippen molar-refractivity contribution in [3.63, 3.8) is 0 Å². The van der Waals surface area contributed by atoms with E-state index in [0.717, 1.165) is 11.8 Å². The van der Waals surface area contributed by atoms with Gasteiger partial charge >= 0.3 is 0 Å². The van der Waals surface area contributed by atoms with Gasteiger partial charge in [-0.1, -0.05) is 51.0 Å². The molecule has 0 saturated heterocycles. The Hall–Kier alpha value is -0.520. The van der Waals surface area contributed by atoms with Crippen molar-refractivity contribution < 1.29 is 0 Å². The van der Waals surface area contributed by atoms with Crippen LogP contribution in [0.15, 0.2) is 23.3 Å². The smallest absolute Gasteiger partial charge is 0.00848 e. The standard InChI is InChI=1S/C20H34/c1-7-15(2)12-14-20(6)16(3)10-11-17-18(20)9-8-13-19(17,4)5/h7,9,16-17H,8,10-14H2,1-6H3/b15-7+/t16?,17-,20-/m0/s1. The molecule has 2 aliphatic rings. The molecule has 20 heavy (non-hydrogen) atoms. The normalized spacial score (nSPS) is 37.3. The zero-order valence-corrected chi connectivity index (χ0v) is 14.6. The van der Waals surface area contributed by atoms with Gasteiger partial charge in [0.15, 0.2) is 0 Å². The molecular weight excluding hydrogens is 240 g/mol. The van der Waals surface area contributed by atoms with Crippen LogP contribution in [0.4, 0.5) is 0 Å². The number of hydrogen-bond donors (Lipinski definition) is 0.